The number of hydrogen-bond acceptors (Lipinski definition) is 3. The summed E-state index contributed by atoms with van der Waals surface area (Å²) in [5.74, 6) is 0.0294. The highest BCUT2D eigenvalue weighted by molar-refractivity contribution is 5.89. The summed E-state index contributed by atoms with van der Waals surface area (Å²) in [4.78, 5) is 15.2. The monoisotopic (exact) mass is 274 g/mol. The number of carbonyl (C=O) groups excluding carboxylic acids is 1. The predicted molar refractivity (Wildman–Crippen MR) is 74.1 cm³/mol. The van der Waals surface area contributed by atoms with Gasteiger partial charge >= 0.3 is 0 Å². The highest BCUT2D eigenvalue weighted by atomic mass is 19.1. The van der Waals surface area contributed by atoms with Crippen LogP contribution in [-0.2, 0) is 4.79 Å². The molecule has 1 amide bonds. The van der Waals surface area contributed by atoms with Gasteiger partial charge < -0.3 is 10.1 Å². The number of hydrogen-bond donors (Lipinski definition) is 1. The summed E-state index contributed by atoms with van der Waals surface area (Å²) in [7, 11) is 0. The van der Waals surface area contributed by atoms with E-state index in [2.05, 4.69) is 10.3 Å². The van der Waals surface area contributed by atoms with E-state index in [1.54, 1.807) is 0 Å². The first-order valence-electron chi connectivity index (χ1n) is 6.25. The molecule has 20 heavy (non-hydrogen) atoms. The number of nitrogens with one attached hydrogen (secondary N) is 1. The van der Waals surface area contributed by atoms with Crippen LogP contribution < -0.4 is 10.1 Å². The first kappa shape index (κ1) is 14.0. The molecule has 1 heterocycles. The molecule has 0 radical (unpaired) electrons. The van der Waals surface area contributed by atoms with Gasteiger partial charge in [-0.25, -0.2) is 4.98 Å². The third-order valence-electron chi connectivity index (χ3n) is 2.57. The molecule has 1 aromatic carbocycles. The van der Waals surface area contributed by atoms with Crippen LogP contribution in [0, 0.1) is 12.9 Å². The first-order chi connectivity index (χ1) is 9.63. The Morgan fingerprint density at radius 3 is 2.85 bits per heavy atom. The summed E-state index contributed by atoms with van der Waals surface area (Å²) in [6.45, 7) is 2.22. The summed E-state index contributed by atoms with van der Waals surface area (Å²) in [6, 6.07) is 11.8. The SMILES string of the molecule is Cc1cccc(OCCC(=O)Nc2cccc(F)n2)c1. The summed E-state index contributed by atoms with van der Waals surface area (Å²) in [5, 5.41) is 2.51. The molecule has 0 aliphatic rings. The van der Waals surface area contributed by atoms with Crippen molar-refractivity contribution in [3.63, 3.8) is 0 Å². The molecule has 0 fully saturated rings. The lowest BCUT2D eigenvalue weighted by Gasteiger charge is -2.07. The van der Waals surface area contributed by atoms with E-state index in [1.807, 2.05) is 31.2 Å². The standard InChI is InChI=1S/C15H15FN2O2/c1-11-4-2-5-12(10-11)20-9-8-15(19)18-14-7-3-6-13(16)17-14/h2-7,10H,8-9H2,1H3,(H,17,18,19). The molecule has 4 nitrogen and oxygen atoms in total. The number of halogens is 1. The molecule has 0 saturated carbocycles. The Kier molecular flexibility index (Phi) is 4.65. The summed E-state index contributed by atoms with van der Waals surface area (Å²) < 4.78 is 18.3. The Morgan fingerprint density at radius 1 is 1.30 bits per heavy atom. The first-order valence-corrected chi connectivity index (χ1v) is 6.25. The maximum Gasteiger partial charge on any atom is 0.228 e. The maximum atomic E-state index is 12.8. The molecule has 0 aliphatic carbocycles. The molecule has 2 rings (SSSR count). The van der Waals surface area contributed by atoms with Gasteiger partial charge in [-0.1, -0.05) is 18.2 Å². The number of anilines is 1. The minimum Gasteiger partial charge on any atom is -0.493 e. The summed E-state index contributed by atoms with van der Waals surface area (Å²) >= 11 is 0. The maximum absolute atomic E-state index is 12.8. The highest BCUT2D eigenvalue weighted by Gasteiger charge is 2.04. The van der Waals surface area contributed by atoms with Crippen LogP contribution in [0.4, 0.5) is 10.2 Å². The van der Waals surface area contributed by atoms with Crippen molar-refractivity contribution in [3.8, 4) is 5.75 Å². The van der Waals surface area contributed by atoms with Gasteiger partial charge in [0.2, 0.25) is 11.9 Å². The summed E-state index contributed by atoms with van der Waals surface area (Å²) in [6.07, 6.45) is 0.173. The van der Waals surface area contributed by atoms with Crippen molar-refractivity contribution in [2.75, 3.05) is 11.9 Å². The van der Waals surface area contributed by atoms with E-state index >= 15 is 0 Å². The van der Waals surface area contributed by atoms with E-state index in [0.717, 1.165) is 11.3 Å². The van der Waals surface area contributed by atoms with E-state index < -0.39 is 5.95 Å². The molecule has 0 spiro atoms. The number of pyridine rings is 1. The number of nitrogens with zero attached hydrogens (tertiary/aromatic N) is 1. The molecule has 0 saturated heterocycles. The number of rotatable bonds is 5. The lowest BCUT2D eigenvalue weighted by molar-refractivity contribution is -0.116. The largest absolute Gasteiger partial charge is 0.493 e. The molecule has 5 heteroatoms. The van der Waals surface area contributed by atoms with Crippen LogP contribution in [-0.4, -0.2) is 17.5 Å². The number of aryl methyl sites for hydroxylation is 1. The van der Waals surface area contributed by atoms with Gasteiger partial charge in [0.1, 0.15) is 11.6 Å². The van der Waals surface area contributed by atoms with Crippen molar-refractivity contribution in [2.24, 2.45) is 0 Å². The topological polar surface area (TPSA) is 51.2 Å². The van der Waals surface area contributed by atoms with Gasteiger partial charge in [0, 0.05) is 0 Å². The minimum atomic E-state index is -0.626. The number of aromatic nitrogens is 1. The average molecular weight is 274 g/mol. The van der Waals surface area contributed by atoms with Crippen LogP contribution >= 0.6 is 0 Å². The zero-order chi connectivity index (χ0) is 14.4. The number of carbonyl (C=O) groups is 1. The zero-order valence-corrected chi connectivity index (χ0v) is 11.1. The van der Waals surface area contributed by atoms with Gasteiger partial charge in [-0.05, 0) is 36.8 Å². The molecule has 0 unspecified atom stereocenters. The summed E-state index contributed by atoms with van der Waals surface area (Å²) in [5.41, 5.74) is 1.09. The number of amides is 1. The Bertz CT molecular complexity index is 602. The van der Waals surface area contributed by atoms with E-state index in [-0.39, 0.29) is 24.8 Å². The van der Waals surface area contributed by atoms with Crippen molar-refractivity contribution in [2.45, 2.75) is 13.3 Å². The second-order valence-corrected chi connectivity index (χ2v) is 4.31. The van der Waals surface area contributed by atoms with E-state index in [1.165, 1.54) is 18.2 Å². The second-order valence-electron chi connectivity index (χ2n) is 4.31. The van der Waals surface area contributed by atoms with E-state index in [0.29, 0.717) is 0 Å². The second kappa shape index (κ2) is 6.65. The molecular weight excluding hydrogens is 259 g/mol. The molecule has 0 aliphatic heterocycles. The van der Waals surface area contributed by atoms with E-state index in [9.17, 15) is 9.18 Å². The Balaban J connectivity index is 1.78. The molecule has 2 aromatic rings. The van der Waals surface area contributed by atoms with Crippen molar-refractivity contribution in [3.05, 3.63) is 54.0 Å². The van der Waals surface area contributed by atoms with Crippen LogP contribution in [0.5, 0.6) is 5.75 Å². The predicted octanol–water partition coefficient (Wildman–Crippen LogP) is 2.94. The van der Waals surface area contributed by atoms with Gasteiger partial charge in [-0.2, -0.15) is 4.39 Å². The Hall–Kier alpha value is -2.43. The quantitative estimate of drug-likeness (QED) is 0.853. The highest BCUT2D eigenvalue weighted by Crippen LogP contribution is 2.12. The molecule has 0 bridgehead atoms. The number of ether oxygens (including phenoxy) is 1. The van der Waals surface area contributed by atoms with E-state index in [4.69, 9.17) is 4.74 Å². The van der Waals surface area contributed by atoms with Crippen molar-refractivity contribution < 1.29 is 13.9 Å². The Morgan fingerprint density at radius 2 is 2.10 bits per heavy atom. The molecule has 104 valence electrons. The third kappa shape index (κ3) is 4.35. The van der Waals surface area contributed by atoms with Crippen molar-refractivity contribution >= 4 is 11.7 Å². The van der Waals surface area contributed by atoms with Crippen LogP contribution in [0.15, 0.2) is 42.5 Å². The van der Waals surface area contributed by atoms with Gasteiger partial charge in [0.05, 0.1) is 13.0 Å². The van der Waals surface area contributed by atoms with Crippen LogP contribution in [0.2, 0.25) is 0 Å². The van der Waals surface area contributed by atoms with Gasteiger partial charge in [0.15, 0.2) is 0 Å². The fraction of sp³-hybridized carbons (Fsp3) is 0.200. The molecular formula is C15H15FN2O2. The molecule has 0 atom stereocenters. The Labute approximate surface area is 116 Å². The van der Waals surface area contributed by atoms with Gasteiger partial charge in [-0.15, -0.1) is 0 Å². The fourth-order valence-electron chi connectivity index (χ4n) is 1.65. The van der Waals surface area contributed by atoms with Crippen LogP contribution in [0.1, 0.15) is 12.0 Å². The molecule has 1 aromatic heterocycles. The molecule has 1 N–H and O–H groups in total. The van der Waals surface area contributed by atoms with Crippen molar-refractivity contribution in [1.29, 1.82) is 0 Å². The average Bonchev–Trinajstić information content (AvgIpc) is 2.38. The van der Waals surface area contributed by atoms with Gasteiger partial charge in [0.25, 0.3) is 0 Å². The zero-order valence-electron chi connectivity index (χ0n) is 11.1. The lowest BCUT2D eigenvalue weighted by Crippen LogP contribution is -2.16. The van der Waals surface area contributed by atoms with Gasteiger partial charge in [-0.3, -0.25) is 4.79 Å². The number of benzene rings is 1. The minimum absolute atomic E-state index is 0.173. The van der Waals surface area contributed by atoms with Crippen molar-refractivity contribution in [1.82, 2.24) is 4.98 Å². The third-order valence-corrected chi connectivity index (χ3v) is 2.57. The fourth-order valence-corrected chi connectivity index (χ4v) is 1.65. The smallest absolute Gasteiger partial charge is 0.228 e. The lowest BCUT2D eigenvalue weighted by atomic mass is 10.2. The van der Waals surface area contributed by atoms with Crippen LogP contribution in [0.3, 0.4) is 0 Å². The van der Waals surface area contributed by atoms with Crippen LogP contribution in [0.25, 0.3) is 0 Å². The normalized spacial score (nSPS) is 10.1.